The molecule has 0 unspecified atom stereocenters. The first-order valence-electron chi connectivity index (χ1n) is 5.64. The predicted octanol–water partition coefficient (Wildman–Crippen LogP) is 1.41. The number of hydrogen-bond donors (Lipinski definition) is 2. The lowest BCUT2D eigenvalue weighted by Gasteiger charge is -2.03. The van der Waals surface area contributed by atoms with Gasteiger partial charge in [-0.15, -0.1) is 0 Å². The summed E-state index contributed by atoms with van der Waals surface area (Å²) in [5.74, 6) is 0.0343. The Balaban J connectivity index is 1.89. The first kappa shape index (κ1) is 13.5. The summed E-state index contributed by atoms with van der Waals surface area (Å²) in [6.07, 6.45) is 3.65. The second kappa shape index (κ2) is 5.83. The number of carbonyl (C=O) groups is 1. The Morgan fingerprint density at radius 2 is 2.37 bits per heavy atom. The van der Waals surface area contributed by atoms with Gasteiger partial charge in [-0.3, -0.25) is 4.79 Å². The maximum Gasteiger partial charge on any atom is 0.344 e. The lowest BCUT2D eigenvalue weighted by atomic mass is 10.2. The minimum absolute atomic E-state index is 0.263. The third kappa shape index (κ3) is 3.54. The molecule has 2 aromatic rings. The summed E-state index contributed by atoms with van der Waals surface area (Å²) in [6, 6.07) is 1.74. The first-order valence-corrected chi connectivity index (χ1v) is 6.43. The fourth-order valence-corrected chi connectivity index (χ4v) is 2.08. The first-order chi connectivity index (χ1) is 9.06. The van der Waals surface area contributed by atoms with Gasteiger partial charge in [0.2, 0.25) is 0 Å². The van der Waals surface area contributed by atoms with Crippen LogP contribution in [0.2, 0.25) is 0 Å². The number of H-pyrrole nitrogens is 1. The molecule has 0 saturated heterocycles. The number of halogens is 1. The van der Waals surface area contributed by atoms with E-state index in [0.29, 0.717) is 23.4 Å². The Morgan fingerprint density at radius 1 is 1.58 bits per heavy atom. The topological polar surface area (TPSA) is 88.0 Å². The standard InChI is InChI=1S/C12H12BrN3O3/c1-7-4-9(13)19-10(7)11(17)14-3-2-8-5-15-12(18)16-6-8/h4-6H,2-3H2,1H3,(H,14,17)(H,15,16,18). The van der Waals surface area contributed by atoms with Gasteiger partial charge in [0.25, 0.3) is 5.91 Å². The number of nitrogens with one attached hydrogen (secondary N) is 2. The van der Waals surface area contributed by atoms with Gasteiger partial charge in [-0.1, -0.05) is 0 Å². The minimum atomic E-state index is -0.385. The van der Waals surface area contributed by atoms with Gasteiger partial charge in [-0.2, -0.15) is 0 Å². The normalized spacial score (nSPS) is 10.4. The Kier molecular flexibility index (Phi) is 4.16. The lowest BCUT2D eigenvalue weighted by Crippen LogP contribution is -2.26. The van der Waals surface area contributed by atoms with E-state index in [1.54, 1.807) is 19.2 Å². The lowest BCUT2D eigenvalue weighted by molar-refractivity contribution is 0.0924. The van der Waals surface area contributed by atoms with Crippen molar-refractivity contribution < 1.29 is 9.21 Å². The molecule has 7 heteroatoms. The monoisotopic (exact) mass is 325 g/mol. The molecule has 0 fully saturated rings. The van der Waals surface area contributed by atoms with E-state index in [1.807, 2.05) is 0 Å². The Morgan fingerprint density at radius 3 is 2.95 bits per heavy atom. The fraction of sp³-hybridized carbons (Fsp3) is 0.250. The maximum atomic E-state index is 11.8. The zero-order valence-electron chi connectivity index (χ0n) is 10.2. The third-order valence-electron chi connectivity index (χ3n) is 2.52. The quantitative estimate of drug-likeness (QED) is 0.889. The van der Waals surface area contributed by atoms with E-state index < -0.39 is 0 Å². The van der Waals surface area contributed by atoms with Crippen LogP contribution < -0.4 is 11.0 Å². The molecule has 0 aliphatic rings. The average molecular weight is 326 g/mol. The highest BCUT2D eigenvalue weighted by atomic mass is 79.9. The summed E-state index contributed by atoms with van der Waals surface area (Å²) in [5.41, 5.74) is 1.23. The molecule has 6 nitrogen and oxygen atoms in total. The van der Waals surface area contributed by atoms with Gasteiger partial charge in [0.1, 0.15) is 0 Å². The molecular formula is C12H12BrN3O3. The van der Waals surface area contributed by atoms with Crippen molar-refractivity contribution in [2.45, 2.75) is 13.3 Å². The number of furan rings is 1. The predicted molar refractivity (Wildman–Crippen MR) is 72.0 cm³/mol. The van der Waals surface area contributed by atoms with E-state index in [1.165, 1.54) is 6.20 Å². The third-order valence-corrected chi connectivity index (χ3v) is 2.91. The molecule has 1 amide bonds. The molecule has 0 saturated carbocycles. The molecule has 0 spiro atoms. The molecule has 2 aromatic heterocycles. The van der Waals surface area contributed by atoms with E-state index in [-0.39, 0.29) is 11.6 Å². The summed E-state index contributed by atoms with van der Waals surface area (Å²) in [6.45, 7) is 2.24. The highest BCUT2D eigenvalue weighted by Gasteiger charge is 2.14. The SMILES string of the molecule is Cc1cc(Br)oc1C(=O)NCCc1cnc(=O)[nH]c1. The summed E-state index contributed by atoms with van der Waals surface area (Å²) in [5, 5.41) is 2.74. The van der Waals surface area contributed by atoms with E-state index >= 15 is 0 Å². The zero-order valence-corrected chi connectivity index (χ0v) is 11.8. The molecule has 0 atom stereocenters. The molecule has 2 heterocycles. The van der Waals surface area contributed by atoms with Gasteiger partial charge < -0.3 is 14.7 Å². The van der Waals surface area contributed by atoms with Crippen LogP contribution in [0.15, 0.2) is 32.3 Å². The van der Waals surface area contributed by atoms with Gasteiger partial charge in [-0.25, -0.2) is 9.78 Å². The van der Waals surface area contributed by atoms with Gasteiger partial charge >= 0.3 is 5.69 Å². The van der Waals surface area contributed by atoms with Crippen molar-refractivity contribution in [2.24, 2.45) is 0 Å². The maximum absolute atomic E-state index is 11.8. The van der Waals surface area contributed by atoms with Crippen LogP contribution in [0.3, 0.4) is 0 Å². The molecule has 0 aliphatic carbocycles. The summed E-state index contributed by atoms with van der Waals surface area (Å²) >= 11 is 3.17. The zero-order chi connectivity index (χ0) is 13.8. The van der Waals surface area contributed by atoms with Crippen LogP contribution in [0.5, 0.6) is 0 Å². The molecular weight excluding hydrogens is 314 g/mol. The molecule has 19 heavy (non-hydrogen) atoms. The number of amides is 1. The molecule has 0 radical (unpaired) electrons. The van der Waals surface area contributed by atoms with Crippen LogP contribution in [-0.2, 0) is 6.42 Å². The molecule has 0 bridgehead atoms. The summed E-state index contributed by atoms with van der Waals surface area (Å²) < 4.78 is 5.77. The van der Waals surface area contributed by atoms with E-state index in [2.05, 4.69) is 31.2 Å². The highest BCUT2D eigenvalue weighted by Crippen LogP contribution is 2.19. The van der Waals surface area contributed by atoms with Gasteiger partial charge in [0.05, 0.1) is 0 Å². The van der Waals surface area contributed by atoms with Crippen molar-refractivity contribution in [3.63, 3.8) is 0 Å². The van der Waals surface area contributed by atoms with E-state index in [0.717, 1.165) is 11.1 Å². The molecule has 0 aromatic carbocycles. The second-order valence-corrected chi connectivity index (χ2v) is 4.78. The number of aromatic amines is 1. The van der Waals surface area contributed by atoms with Crippen molar-refractivity contribution in [3.05, 3.63) is 50.5 Å². The largest absolute Gasteiger partial charge is 0.444 e. The fourth-order valence-electron chi connectivity index (χ4n) is 1.58. The van der Waals surface area contributed by atoms with Crippen LogP contribution in [0.4, 0.5) is 0 Å². The van der Waals surface area contributed by atoms with Crippen molar-refractivity contribution in [1.29, 1.82) is 0 Å². The van der Waals surface area contributed by atoms with Crippen molar-refractivity contribution in [1.82, 2.24) is 15.3 Å². The molecule has 100 valence electrons. The van der Waals surface area contributed by atoms with Crippen LogP contribution in [0.1, 0.15) is 21.7 Å². The van der Waals surface area contributed by atoms with Crippen molar-refractivity contribution in [3.8, 4) is 0 Å². The smallest absolute Gasteiger partial charge is 0.344 e. The van der Waals surface area contributed by atoms with Crippen LogP contribution in [0, 0.1) is 6.92 Å². The van der Waals surface area contributed by atoms with E-state index in [4.69, 9.17) is 4.42 Å². The number of aromatic nitrogens is 2. The summed E-state index contributed by atoms with van der Waals surface area (Å²) in [7, 11) is 0. The van der Waals surface area contributed by atoms with Crippen molar-refractivity contribution in [2.75, 3.05) is 6.54 Å². The number of rotatable bonds is 4. The van der Waals surface area contributed by atoms with Crippen LogP contribution in [0.25, 0.3) is 0 Å². The minimum Gasteiger partial charge on any atom is -0.444 e. The number of nitrogens with zero attached hydrogens (tertiary/aromatic N) is 1. The van der Waals surface area contributed by atoms with Gasteiger partial charge in [-0.05, 0) is 40.9 Å². The van der Waals surface area contributed by atoms with Crippen LogP contribution in [-0.4, -0.2) is 22.4 Å². The van der Waals surface area contributed by atoms with Crippen LogP contribution >= 0.6 is 15.9 Å². The Bertz CT molecular complexity index is 627. The number of carbonyl (C=O) groups excluding carboxylic acids is 1. The second-order valence-electron chi connectivity index (χ2n) is 4.00. The van der Waals surface area contributed by atoms with Gasteiger partial charge in [0.15, 0.2) is 10.4 Å². The van der Waals surface area contributed by atoms with Crippen molar-refractivity contribution >= 4 is 21.8 Å². The number of hydrogen-bond acceptors (Lipinski definition) is 4. The summed E-state index contributed by atoms with van der Waals surface area (Å²) in [4.78, 5) is 28.7. The Hall–Kier alpha value is -1.89. The Labute approximate surface area is 117 Å². The number of aryl methyl sites for hydroxylation is 1. The average Bonchev–Trinajstić information content (AvgIpc) is 2.71. The molecule has 0 aliphatic heterocycles. The van der Waals surface area contributed by atoms with Gasteiger partial charge in [0, 0.05) is 24.5 Å². The molecule has 2 rings (SSSR count). The highest BCUT2D eigenvalue weighted by molar-refractivity contribution is 9.10. The molecule has 2 N–H and O–H groups in total. The van der Waals surface area contributed by atoms with E-state index in [9.17, 15) is 9.59 Å².